The number of rotatable bonds is 6. The Labute approximate surface area is 171 Å². The predicted molar refractivity (Wildman–Crippen MR) is 113 cm³/mol. The van der Waals surface area contributed by atoms with Gasteiger partial charge in [-0.3, -0.25) is 9.59 Å². The number of nitrogens with one attached hydrogen (secondary N) is 1. The highest BCUT2D eigenvalue weighted by Crippen LogP contribution is 2.23. The lowest BCUT2D eigenvalue weighted by Gasteiger charge is -2.07. The molecule has 0 fully saturated rings. The summed E-state index contributed by atoms with van der Waals surface area (Å²) in [7, 11) is 0. The number of thiazole rings is 1. The molecule has 0 spiro atoms. The Morgan fingerprint density at radius 3 is 2.34 bits per heavy atom. The predicted octanol–water partition coefficient (Wildman–Crippen LogP) is 3.35. The van der Waals surface area contributed by atoms with Crippen LogP contribution in [0.5, 0.6) is 0 Å². The molecule has 0 aliphatic carbocycles. The first kappa shape index (κ1) is 18.8. The van der Waals surface area contributed by atoms with Crippen LogP contribution in [0.25, 0.3) is 21.8 Å². The highest BCUT2D eigenvalue weighted by atomic mass is 32.1. The molecule has 6 nitrogen and oxygen atoms in total. The van der Waals surface area contributed by atoms with Gasteiger partial charge in [0.15, 0.2) is 0 Å². The average Bonchev–Trinajstić information content (AvgIpc) is 3.24. The molecule has 0 saturated carbocycles. The second-order valence-corrected chi connectivity index (χ2v) is 7.23. The van der Waals surface area contributed by atoms with Gasteiger partial charge >= 0.3 is 0 Å². The molecule has 0 aliphatic heterocycles. The smallest absolute Gasteiger partial charge is 0.267 e. The third kappa shape index (κ3) is 4.64. The van der Waals surface area contributed by atoms with Gasteiger partial charge in [0, 0.05) is 22.6 Å². The third-order valence-corrected chi connectivity index (χ3v) is 5.21. The Balaban J connectivity index is 1.40. The van der Waals surface area contributed by atoms with E-state index in [9.17, 15) is 9.59 Å². The van der Waals surface area contributed by atoms with Crippen LogP contribution < -0.4 is 10.9 Å². The van der Waals surface area contributed by atoms with Crippen molar-refractivity contribution in [1.82, 2.24) is 20.1 Å². The number of carbonyl (C=O) groups is 1. The van der Waals surface area contributed by atoms with Gasteiger partial charge in [0.1, 0.15) is 11.6 Å². The summed E-state index contributed by atoms with van der Waals surface area (Å²) in [5.74, 6) is -0.293. The molecule has 0 saturated heterocycles. The first-order valence-corrected chi connectivity index (χ1v) is 9.97. The molecule has 29 heavy (non-hydrogen) atoms. The fraction of sp³-hybridized carbons (Fsp3) is 0.0909. The van der Waals surface area contributed by atoms with Crippen molar-refractivity contribution in [2.75, 3.05) is 0 Å². The molecule has 2 aromatic heterocycles. The molecule has 0 unspecified atom stereocenters. The molecule has 0 aliphatic rings. The maximum atomic E-state index is 12.3. The van der Waals surface area contributed by atoms with Crippen LogP contribution in [0.3, 0.4) is 0 Å². The van der Waals surface area contributed by atoms with Gasteiger partial charge in [-0.05, 0) is 6.07 Å². The summed E-state index contributed by atoms with van der Waals surface area (Å²) in [6, 6.07) is 22.5. The zero-order chi connectivity index (χ0) is 20.1. The molecule has 0 atom stereocenters. The lowest BCUT2D eigenvalue weighted by molar-refractivity contribution is -0.122. The van der Waals surface area contributed by atoms with Gasteiger partial charge < -0.3 is 5.32 Å². The van der Waals surface area contributed by atoms with E-state index < -0.39 is 0 Å². The topological polar surface area (TPSA) is 76.9 Å². The maximum Gasteiger partial charge on any atom is 0.267 e. The molecule has 4 aromatic rings. The van der Waals surface area contributed by atoms with E-state index in [1.165, 1.54) is 22.1 Å². The highest BCUT2D eigenvalue weighted by molar-refractivity contribution is 7.13. The second kappa shape index (κ2) is 8.62. The van der Waals surface area contributed by atoms with Crippen molar-refractivity contribution >= 4 is 17.2 Å². The fourth-order valence-electron chi connectivity index (χ4n) is 2.81. The quantitative estimate of drug-likeness (QED) is 0.537. The van der Waals surface area contributed by atoms with Crippen LogP contribution in [0.1, 0.15) is 5.69 Å². The van der Waals surface area contributed by atoms with E-state index in [2.05, 4.69) is 15.4 Å². The van der Waals surface area contributed by atoms with Crippen molar-refractivity contribution in [1.29, 1.82) is 0 Å². The van der Waals surface area contributed by atoms with Gasteiger partial charge in [0.2, 0.25) is 5.91 Å². The van der Waals surface area contributed by atoms with E-state index in [1.54, 1.807) is 6.07 Å². The van der Waals surface area contributed by atoms with E-state index in [4.69, 9.17) is 0 Å². The molecule has 2 aromatic carbocycles. The van der Waals surface area contributed by atoms with Crippen molar-refractivity contribution in [2.24, 2.45) is 0 Å². The number of amides is 1. The number of hydrogen-bond donors (Lipinski definition) is 1. The minimum absolute atomic E-state index is 0.144. The first-order valence-electron chi connectivity index (χ1n) is 9.09. The second-order valence-electron chi connectivity index (χ2n) is 6.37. The Hall–Kier alpha value is -3.58. The van der Waals surface area contributed by atoms with Gasteiger partial charge in [0.05, 0.1) is 17.9 Å². The van der Waals surface area contributed by atoms with Crippen molar-refractivity contribution in [3.05, 3.63) is 94.2 Å². The summed E-state index contributed by atoms with van der Waals surface area (Å²) in [5, 5.41) is 9.94. The van der Waals surface area contributed by atoms with Crippen molar-refractivity contribution in [3.8, 4) is 21.8 Å². The summed E-state index contributed by atoms with van der Waals surface area (Å²) in [5.41, 5.74) is 3.03. The van der Waals surface area contributed by atoms with Crippen molar-refractivity contribution < 1.29 is 4.79 Å². The zero-order valence-electron chi connectivity index (χ0n) is 15.5. The molecule has 0 radical (unpaired) electrons. The van der Waals surface area contributed by atoms with E-state index in [-0.39, 0.29) is 18.0 Å². The van der Waals surface area contributed by atoms with Crippen LogP contribution in [-0.4, -0.2) is 20.7 Å². The molecule has 1 amide bonds. The number of benzene rings is 2. The molecular weight excluding hydrogens is 384 g/mol. The molecule has 4 rings (SSSR count). The zero-order valence-corrected chi connectivity index (χ0v) is 16.3. The Morgan fingerprint density at radius 2 is 1.62 bits per heavy atom. The van der Waals surface area contributed by atoms with Gasteiger partial charge in [0.25, 0.3) is 5.56 Å². The maximum absolute atomic E-state index is 12.3. The molecular formula is C22H18N4O2S. The Bertz CT molecular complexity index is 1170. The number of nitrogens with zero attached hydrogens (tertiary/aromatic N) is 3. The molecule has 2 heterocycles. The van der Waals surface area contributed by atoms with Gasteiger partial charge in [-0.25, -0.2) is 9.67 Å². The molecule has 0 bridgehead atoms. The van der Waals surface area contributed by atoms with Gasteiger partial charge in [-0.2, -0.15) is 5.10 Å². The monoisotopic (exact) mass is 402 g/mol. The number of aromatic nitrogens is 3. The van der Waals surface area contributed by atoms with Crippen molar-refractivity contribution in [3.63, 3.8) is 0 Å². The van der Waals surface area contributed by atoms with Crippen LogP contribution in [0.2, 0.25) is 0 Å². The third-order valence-electron chi connectivity index (χ3n) is 4.27. The number of carbonyl (C=O) groups excluding carboxylic acids is 1. The van der Waals surface area contributed by atoms with Gasteiger partial charge in [-0.1, -0.05) is 60.7 Å². The molecule has 1 N–H and O–H groups in total. The Morgan fingerprint density at radius 1 is 0.931 bits per heavy atom. The number of hydrogen-bond acceptors (Lipinski definition) is 5. The minimum atomic E-state index is -0.320. The summed E-state index contributed by atoms with van der Waals surface area (Å²) >= 11 is 1.53. The van der Waals surface area contributed by atoms with Crippen LogP contribution >= 0.6 is 11.3 Å². The van der Waals surface area contributed by atoms with Gasteiger partial charge in [-0.15, -0.1) is 11.3 Å². The van der Waals surface area contributed by atoms with Crippen LogP contribution in [-0.2, 0) is 17.9 Å². The summed E-state index contributed by atoms with van der Waals surface area (Å²) in [4.78, 5) is 29.0. The average molecular weight is 402 g/mol. The van der Waals surface area contributed by atoms with E-state index in [0.29, 0.717) is 12.2 Å². The standard InChI is InChI=1S/C22H18N4O2S/c27-20(23-13-18-15-29-22(24-18)17-9-5-2-6-10-17)14-26-21(28)12-11-19(25-26)16-7-3-1-4-8-16/h1-12,15H,13-14H2,(H,23,27). The lowest BCUT2D eigenvalue weighted by atomic mass is 10.1. The molecule has 7 heteroatoms. The summed E-state index contributed by atoms with van der Waals surface area (Å²) in [6.07, 6.45) is 0. The largest absolute Gasteiger partial charge is 0.349 e. The summed E-state index contributed by atoms with van der Waals surface area (Å²) < 4.78 is 1.17. The van der Waals surface area contributed by atoms with Crippen molar-refractivity contribution in [2.45, 2.75) is 13.1 Å². The summed E-state index contributed by atoms with van der Waals surface area (Å²) in [6.45, 7) is 0.157. The Kier molecular flexibility index (Phi) is 5.58. The van der Waals surface area contributed by atoms with E-state index in [0.717, 1.165) is 21.8 Å². The van der Waals surface area contributed by atoms with Crippen LogP contribution in [0, 0.1) is 0 Å². The van der Waals surface area contributed by atoms with E-state index in [1.807, 2.05) is 66.0 Å². The van der Waals surface area contributed by atoms with Crippen LogP contribution in [0.15, 0.2) is 83.0 Å². The minimum Gasteiger partial charge on any atom is -0.349 e. The fourth-order valence-corrected chi connectivity index (χ4v) is 3.63. The first-order chi connectivity index (χ1) is 14.2. The SMILES string of the molecule is O=C(Cn1nc(-c2ccccc2)ccc1=O)NCc1csc(-c2ccccc2)n1. The van der Waals surface area contributed by atoms with Crippen LogP contribution in [0.4, 0.5) is 0 Å². The normalized spacial score (nSPS) is 10.6. The highest BCUT2D eigenvalue weighted by Gasteiger charge is 2.09. The molecule has 144 valence electrons. The lowest BCUT2D eigenvalue weighted by Crippen LogP contribution is -2.33. The van der Waals surface area contributed by atoms with E-state index >= 15 is 0 Å².